The number of anilines is 1. The molecule has 1 aromatic carbocycles. The SMILES string of the molecule is CCN1CCc2c(c(C)nn2C(=O)Nc2ccc(Br)cc2)C1. The lowest BCUT2D eigenvalue weighted by Gasteiger charge is -2.25. The number of likely N-dealkylation sites (N-methyl/N-ethyl adjacent to an activating group) is 1. The number of aromatic nitrogens is 2. The van der Waals surface area contributed by atoms with Crippen molar-refractivity contribution in [2.24, 2.45) is 0 Å². The first kappa shape index (κ1) is 15.2. The van der Waals surface area contributed by atoms with E-state index >= 15 is 0 Å². The Morgan fingerprint density at radius 1 is 1.36 bits per heavy atom. The summed E-state index contributed by atoms with van der Waals surface area (Å²) in [7, 11) is 0. The molecule has 0 spiro atoms. The molecule has 0 bridgehead atoms. The normalized spacial score (nSPS) is 14.7. The highest BCUT2D eigenvalue weighted by Crippen LogP contribution is 2.22. The fourth-order valence-electron chi connectivity index (χ4n) is 2.78. The molecule has 0 unspecified atom stereocenters. The summed E-state index contributed by atoms with van der Waals surface area (Å²) in [5.74, 6) is 0. The van der Waals surface area contributed by atoms with Gasteiger partial charge in [-0.15, -0.1) is 0 Å². The minimum atomic E-state index is -0.198. The maximum atomic E-state index is 12.5. The number of hydrogen-bond donors (Lipinski definition) is 1. The van der Waals surface area contributed by atoms with E-state index in [1.807, 2.05) is 31.2 Å². The third-order valence-corrected chi connectivity index (χ3v) is 4.60. The Hall–Kier alpha value is -1.66. The largest absolute Gasteiger partial charge is 0.346 e. The molecule has 1 aromatic heterocycles. The van der Waals surface area contributed by atoms with Gasteiger partial charge in [0, 0.05) is 35.2 Å². The molecule has 0 aliphatic carbocycles. The molecule has 3 rings (SSSR count). The number of nitrogens with zero attached hydrogens (tertiary/aromatic N) is 3. The van der Waals surface area contributed by atoms with Crippen LogP contribution >= 0.6 is 15.9 Å². The summed E-state index contributed by atoms with van der Waals surface area (Å²) in [5.41, 5.74) is 3.94. The van der Waals surface area contributed by atoms with Gasteiger partial charge in [0.1, 0.15) is 0 Å². The van der Waals surface area contributed by atoms with Gasteiger partial charge in [-0.1, -0.05) is 22.9 Å². The molecular weight excluding hydrogens is 344 g/mol. The number of rotatable bonds is 2. The van der Waals surface area contributed by atoms with E-state index in [1.165, 1.54) is 10.2 Å². The monoisotopic (exact) mass is 362 g/mol. The van der Waals surface area contributed by atoms with E-state index in [1.54, 1.807) is 0 Å². The number of fused-ring (bicyclic) bond motifs is 1. The number of carbonyl (C=O) groups excluding carboxylic acids is 1. The molecule has 2 heterocycles. The molecule has 5 nitrogen and oxygen atoms in total. The minimum Gasteiger partial charge on any atom is -0.306 e. The molecule has 0 saturated carbocycles. The zero-order valence-electron chi connectivity index (χ0n) is 12.8. The van der Waals surface area contributed by atoms with Gasteiger partial charge in [-0.2, -0.15) is 9.78 Å². The second kappa shape index (κ2) is 6.22. The zero-order valence-corrected chi connectivity index (χ0v) is 14.4. The van der Waals surface area contributed by atoms with E-state index in [0.29, 0.717) is 0 Å². The number of hydrogen-bond acceptors (Lipinski definition) is 3. The predicted octanol–water partition coefficient (Wildman–Crippen LogP) is 3.41. The van der Waals surface area contributed by atoms with Crippen LogP contribution in [-0.4, -0.2) is 33.8 Å². The van der Waals surface area contributed by atoms with E-state index in [-0.39, 0.29) is 6.03 Å². The Bertz CT molecular complexity index is 693. The van der Waals surface area contributed by atoms with Crippen LogP contribution in [0.1, 0.15) is 23.9 Å². The fourth-order valence-corrected chi connectivity index (χ4v) is 3.05. The van der Waals surface area contributed by atoms with E-state index in [9.17, 15) is 4.79 Å². The molecule has 0 fully saturated rings. The van der Waals surface area contributed by atoms with Gasteiger partial charge in [0.05, 0.1) is 11.4 Å². The lowest BCUT2D eigenvalue weighted by Crippen LogP contribution is -2.32. The summed E-state index contributed by atoms with van der Waals surface area (Å²) < 4.78 is 2.51. The van der Waals surface area contributed by atoms with E-state index in [2.05, 4.69) is 38.2 Å². The fraction of sp³-hybridized carbons (Fsp3) is 0.375. The first-order valence-corrected chi connectivity index (χ1v) is 8.24. The summed E-state index contributed by atoms with van der Waals surface area (Å²) in [6.07, 6.45) is 0.859. The highest BCUT2D eigenvalue weighted by Gasteiger charge is 2.25. The topological polar surface area (TPSA) is 50.2 Å². The van der Waals surface area contributed by atoms with Crippen LogP contribution in [0.25, 0.3) is 0 Å². The first-order valence-electron chi connectivity index (χ1n) is 7.45. The van der Waals surface area contributed by atoms with Crippen molar-refractivity contribution in [3.8, 4) is 0 Å². The molecule has 22 heavy (non-hydrogen) atoms. The number of amides is 1. The molecule has 6 heteroatoms. The van der Waals surface area contributed by atoms with Crippen molar-refractivity contribution in [1.29, 1.82) is 0 Å². The number of aryl methyl sites for hydroxylation is 1. The van der Waals surface area contributed by atoms with Gasteiger partial charge in [-0.05, 0) is 37.7 Å². The van der Waals surface area contributed by atoms with Gasteiger partial charge in [0.2, 0.25) is 0 Å². The third kappa shape index (κ3) is 2.94. The van der Waals surface area contributed by atoms with Gasteiger partial charge in [-0.3, -0.25) is 4.90 Å². The highest BCUT2D eigenvalue weighted by atomic mass is 79.9. The molecule has 0 saturated heterocycles. The Labute approximate surface area is 138 Å². The van der Waals surface area contributed by atoms with Crippen LogP contribution in [0.4, 0.5) is 10.5 Å². The van der Waals surface area contributed by atoms with Crippen molar-refractivity contribution in [3.05, 3.63) is 45.7 Å². The molecule has 1 aliphatic rings. The number of benzene rings is 1. The van der Waals surface area contributed by atoms with Gasteiger partial charge < -0.3 is 5.32 Å². The zero-order chi connectivity index (χ0) is 15.7. The highest BCUT2D eigenvalue weighted by molar-refractivity contribution is 9.10. The van der Waals surface area contributed by atoms with Crippen molar-refractivity contribution >= 4 is 27.6 Å². The summed E-state index contributed by atoms with van der Waals surface area (Å²) in [4.78, 5) is 14.9. The summed E-state index contributed by atoms with van der Waals surface area (Å²) in [6, 6.07) is 7.33. The number of carbonyl (C=O) groups is 1. The average Bonchev–Trinajstić information content (AvgIpc) is 2.86. The average molecular weight is 363 g/mol. The van der Waals surface area contributed by atoms with Crippen molar-refractivity contribution in [3.63, 3.8) is 0 Å². The molecule has 1 aliphatic heterocycles. The molecule has 0 atom stereocenters. The quantitative estimate of drug-likeness (QED) is 0.890. The number of nitrogens with one attached hydrogen (secondary N) is 1. The van der Waals surface area contributed by atoms with Crippen LogP contribution < -0.4 is 5.32 Å². The second-order valence-corrected chi connectivity index (χ2v) is 6.39. The predicted molar refractivity (Wildman–Crippen MR) is 90.2 cm³/mol. The second-order valence-electron chi connectivity index (χ2n) is 5.48. The Kier molecular flexibility index (Phi) is 4.31. The Morgan fingerprint density at radius 2 is 2.09 bits per heavy atom. The first-order chi connectivity index (χ1) is 10.6. The molecule has 1 amide bonds. The van der Waals surface area contributed by atoms with E-state index < -0.39 is 0 Å². The number of halogens is 1. The van der Waals surface area contributed by atoms with Crippen molar-refractivity contribution in [2.75, 3.05) is 18.4 Å². The Balaban J connectivity index is 1.83. The van der Waals surface area contributed by atoms with Gasteiger partial charge in [0.25, 0.3) is 0 Å². The molecule has 2 aromatic rings. The standard InChI is InChI=1S/C16H19BrN4O/c1-3-20-9-8-15-14(10-20)11(2)19-21(15)16(22)18-13-6-4-12(17)5-7-13/h4-7H,3,8-10H2,1-2H3,(H,18,22). The minimum absolute atomic E-state index is 0.198. The summed E-state index contributed by atoms with van der Waals surface area (Å²) >= 11 is 3.39. The lowest BCUT2D eigenvalue weighted by atomic mass is 10.1. The van der Waals surface area contributed by atoms with Gasteiger partial charge in [-0.25, -0.2) is 4.79 Å². The van der Waals surface area contributed by atoms with Crippen molar-refractivity contribution in [1.82, 2.24) is 14.7 Å². The van der Waals surface area contributed by atoms with E-state index in [4.69, 9.17) is 0 Å². The molecular formula is C16H19BrN4O. The van der Waals surface area contributed by atoms with Crippen LogP contribution in [0.15, 0.2) is 28.7 Å². The summed E-state index contributed by atoms with van der Waals surface area (Å²) in [5, 5.41) is 7.34. The van der Waals surface area contributed by atoms with Crippen LogP contribution in [0.2, 0.25) is 0 Å². The molecule has 116 valence electrons. The van der Waals surface area contributed by atoms with Crippen LogP contribution in [0, 0.1) is 6.92 Å². The molecule has 1 N–H and O–H groups in total. The van der Waals surface area contributed by atoms with E-state index in [0.717, 1.165) is 47.6 Å². The van der Waals surface area contributed by atoms with Crippen molar-refractivity contribution in [2.45, 2.75) is 26.8 Å². The van der Waals surface area contributed by atoms with Gasteiger partial charge in [0.15, 0.2) is 0 Å². The maximum absolute atomic E-state index is 12.5. The Morgan fingerprint density at radius 3 is 2.77 bits per heavy atom. The summed E-state index contributed by atoms with van der Waals surface area (Å²) in [6.45, 7) is 7.00. The van der Waals surface area contributed by atoms with Crippen LogP contribution in [0.5, 0.6) is 0 Å². The van der Waals surface area contributed by atoms with Crippen LogP contribution in [0.3, 0.4) is 0 Å². The molecule has 0 radical (unpaired) electrons. The third-order valence-electron chi connectivity index (χ3n) is 4.07. The lowest BCUT2D eigenvalue weighted by molar-refractivity contribution is 0.246. The van der Waals surface area contributed by atoms with Crippen LogP contribution in [-0.2, 0) is 13.0 Å². The smallest absolute Gasteiger partial charge is 0.306 e. The van der Waals surface area contributed by atoms with Gasteiger partial charge >= 0.3 is 6.03 Å². The van der Waals surface area contributed by atoms with Crippen molar-refractivity contribution < 1.29 is 4.79 Å². The maximum Gasteiger partial charge on any atom is 0.346 e.